The molecule has 4 heteroatoms. The fourth-order valence-electron chi connectivity index (χ4n) is 2.70. The van der Waals surface area contributed by atoms with E-state index >= 15 is 0 Å². The monoisotopic (exact) mass is 258 g/mol. The lowest BCUT2D eigenvalue weighted by molar-refractivity contribution is -0.142. The maximum atomic E-state index is 11.1. The number of carboxylic acid groups (broad SMARTS) is 1. The van der Waals surface area contributed by atoms with Gasteiger partial charge in [-0.2, -0.15) is 5.26 Å². The maximum Gasteiger partial charge on any atom is 0.308 e. The van der Waals surface area contributed by atoms with Crippen LogP contribution in [0.2, 0.25) is 0 Å². The molecule has 2 unspecified atom stereocenters. The predicted octanol–water partition coefficient (Wildman–Crippen LogP) is 2.02. The molecule has 1 saturated heterocycles. The van der Waals surface area contributed by atoms with Gasteiger partial charge in [0.1, 0.15) is 0 Å². The number of benzene rings is 1. The Morgan fingerprint density at radius 3 is 2.79 bits per heavy atom. The van der Waals surface area contributed by atoms with Crippen LogP contribution in [0.25, 0.3) is 0 Å². The lowest BCUT2D eigenvalue weighted by Gasteiger charge is -2.17. The number of aryl methyl sites for hydroxylation is 1. The van der Waals surface area contributed by atoms with Crippen LogP contribution in [0.4, 0.5) is 0 Å². The van der Waals surface area contributed by atoms with Gasteiger partial charge in [0.25, 0.3) is 0 Å². The van der Waals surface area contributed by atoms with E-state index < -0.39 is 5.97 Å². The summed E-state index contributed by atoms with van der Waals surface area (Å²) in [5, 5.41) is 18.0. The third-order valence-electron chi connectivity index (χ3n) is 3.87. The molecule has 1 aliphatic rings. The standard InChI is InChI=1S/C15H18N2O2/c1-10-5-12(6-16)3-4-13(10)8-17-7-11(2)14(9-17)15(18)19/h3-5,11,14H,7-9H2,1-2H3,(H,18,19). The Kier molecular flexibility index (Phi) is 3.87. The van der Waals surface area contributed by atoms with Crippen LogP contribution in [0, 0.1) is 30.1 Å². The molecule has 0 saturated carbocycles. The molecule has 1 aliphatic heterocycles. The van der Waals surface area contributed by atoms with Crippen LogP contribution in [-0.2, 0) is 11.3 Å². The summed E-state index contributed by atoms with van der Waals surface area (Å²) < 4.78 is 0. The van der Waals surface area contributed by atoms with E-state index in [2.05, 4.69) is 11.0 Å². The summed E-state index contributed by atoms with van der Waals surface area (Å²) in [5.74, 6) is -0.776. The molecule has 0 aliphatic carbocycles. The molecule has 0 aromatic heterocycles. The van der Waals surface area contributed by atoms with Gasteiger partial charge >= 0.3 is 5.97 Å². The number of aliphatic carboxylic acids is 1. The summed E-state index contributed by atoms with van der Waals surface area (Å²) in [6.45, 7) is 6.16. The summed E-state index contributed by atoms with van der Waals surface area (Å²) in [6.07, 6.45) is 0. The van der Waals surface area contributed by atoms with E-state index in [0.717, 1.165) is 24.2 Å². The van der Waals surface area contributed by atoms with Crippen molar-refractivity contribution in [2.45, 2.75) is 20.4 Å². The van der Waals surface area contributed by atoms with E-state index in [1.165, 1.54) is 0 Å². The molecule has 0 radical (unpaired) electrons. The van der Waals surface area contributed by atoms with Crippen molar-refractivity contribution in [3.05, 3.63) is 34.9 Å². The van der Waals surface area contributed by atoms with E-state index in [0.29, 0.717) is 12.1 Å². The number of hydrogen-bond acceptors (Lipinski definition) is 3. The van der Waals surface area contributed by atoms with Crippen LogP contribution in [0.3, 0.4) is 0 Å². The number of nitrogens with zero attached hydrogens (tertiary/aromatic N) is 2. The minimum Gasteiger partial charge on any atom is -0.481 e. The highest BCUT2D eigenvalue weighted by atomic mass is 16.4. The Hall–Kier alpha value is -1.86. The number of rotatable bonds is 3. The molecule has 1 aromatic carbocycles. The Balaban J connectivity index is 2.07. The van der Waals surface area contributed by atoms with Crippen molar-refractivity contribution < 1.29 is 9.90 Å². The molecular weight excluding hydrogens is 240 g/mol. The first-order valence-corrected chi connectivity index (χ1v) is 6.46. The average Bonchev–Trinajstić information content (AvgIpc) is 2.73. The smallest absolute Gasteiger partial charge is 0.308 e. The second-order valence-electron chi connectivity index (χ2n) is 5.37. The van der Waals surface area contributed by atoms with Gasteiger partial charge in [-0.15, -0.1) is 0 Å². The molecule has 0 bridgehead atoms. The number of carboxylic acids is 1. The zero-order valence-corrected chi connectivity index (χ0v) is 11.3. The van der Waals surface area contributed by atoms with E-state index in [4.69, 9.17) is 10.4 Å². The second kappa shape index (κ2) is 5.41. The molecule has 2 atom stereocenters. The molecule has 1 heterocycles. The lowest BCUT2D eigenvalue weighted by Crippen LogP contribution is -2.23. The predicted molar refractivity (Wildman–Crippen MR) is 71.5 cm³/mol. The summed E-state index contributed by atoms with van der Waals surface area (Å²) in [6, 6.07) is 7.79. The van der Waals surface area contributed by atoms with Gasteiger partial charge in [-0.3, -0.25) is 9.69 Å². The first-order chi connectivity index (χ1) is 9.01. The van der Waals surface area contributed by atoms with Crippen LogP contribution in [0.1, 0.15) is 23.6 Å². The van der Waals surface area contributed by atoms with Crippen molar-refractivity contribution in [3.8, 4) is 6.07 Å². The van der Waals surface area contributed by atoms with Gasteiger partial charge < -0.3 is 5.11 Å². The molecule has 1 fully saturated rings. The third-order valence-corrected chi connectivity index (χ3v) is 3.87. The van der Waals surface area contributed by atoms with Crippen molar-refractivity contribution in [2.24, 2.45) is 11.8 Å². The number of hydrogen-bond donors (Lipinski definition) is 1. The molecule has 0 amide bonds. The van der Waals surface area contributed by atoms with E-state index in [9.17, 15) is 4.79 Å². The quantitative estimate of drug-likeness (QED) is 0.900. The SMILES string of the molecule is Cc1cc(C#N)ccc1CN1CC(C)C(C(=O)O)C1. The van der Waals surface area contributed by atoms with Gasteiger partial charge in [0.2, 0.25) is 0 Å². The normalized spacial score (nSPS) is 23.2. The van der Waals surface area contributed by atoms with E-state index in [1.807, 2.05) is 32.0 Å². The van der Waals surface area contributed by atoms with Crippen LogP contribution >= 0.6 is 0 Å². The zero-order chi connectivity index (χ0) is 14.0. The molecule has 0 spiro atoms. The Morgan fingerprint density at radius 1 is 1.53 bits per heavy atom. The number of nitriles is 1. The maximum absolute atomic E-state index is 11.1. The van der Waals surface area contributed by atoms with Gasteiger partial charge in [-0.25, -0.2) is 0 Å². The van der Waals surface area contributed by atoms with Crippen molar-refractivity contribution >= 4 is 5.97 Å². The average molecular weight is 258 g/mol. The van der Waals surface area contributed by atoms with Crippen LogP contribution in [0.15, 0.2) is 18.2 Å². The number of carbonyl (C=O) groups is 1. The number of likely N-dealkylation sites (tertiary alicyclic amines) is 1. The third kappa shape index (κ3) is 2.94. The van der Waals surface area contributed by atoms with Gasteiger partial charge in [-0.1, -0.05) is 13.0 Å². The van der Waals surface area contributed by atoms with Crippen LogP contribution in [-0.4, -0.2) is 29.1 Å². The molecule has 4 nitrogen and oxygen atoms in total. The van der Waals surface area contributed by atoms with Crippen LogP contribution < -0.4 is 0 Å². The zero-order valence-electron chi connectivity index (χ0n) is 11.3. The molecule has 19 heavy (non-hydrogen) atoms. The lowest BCUT2D eigenvalue weighted by atomic mass is 9.99. The van der Waals surface area contributed by atoms with Gasteiger partial charge in [0, 0.05) is 19.6 Å². The topological polar surface area (TPSA) is 64.3 Å². The minimum atomic E-state index is -0.702. The summed E-state index contributed by atoms with van der Waals surface area (Å²) in [7, 11) is 0. The van der Waals surface area contributed by atoms with Crippen molar-refractivity contribution in [1.29, 1.82) is 5.26 Å². The Labute approximate surface area is 113 Å². The van der Waals surface area contributed by atoms with Crippen molar-refractivity contribution in [3.63, 3.8) is 0 Å². The van der Waals surface area contributed by atoms with Gasteiger partial charge in [0.05, 0.1) is 17.6 Å². The Morgan fingerprint density at radius 2 is 2.26 bits per heavy atom. The van der Waals surface area contributed by atoms with Gasteiger partial charge in [0.15, 0.2) is 0 Å². The molecule has 1 N–H and O–H groups in total. The van der Waals surface area contributed by atoms with Crippen molar-refractivity contribution in [1.82, 2.24) is 4.90 Å². The first kappa shape index (κ1) is 13.6. The first-order valence-electron chi connectivity index (χ1n) is 6.46. The van der Waals surface area contributed by atoms with Crippen LogP contribution in [0.5, 0.6) is 0 Å². The molecule has 1 aromatic rings. The fraction of sp³-hybridized carbons (Fsp3) is 0.467. The van der Waals surface area contributed by atoms with E-state index in [1.54, 1.807) is 0 Å². The highest BCUT2D eigenvalue weighted by Gasteiger charge is 2.34. The largest absolute Gasteiger partial charge is 0.481 e. The van der Waals surface area contributed by atoms with E-state index in [-0.39, 0.29) is 11.8 Å². The second-order valence-corrected chi connectivity index (χ2v) is 5.37. The molecule has 100 valence electrons. The highest BCUT2D eigenvalue weighted by molar-refractivity contribution is 5.71. The fourth-order valence-corrected chi connectivity index (χ4v) is 2.70. The summed E-state index contributed by atoms with van der Waals surface area (Å²) in [4.78, 5) is 13.3. The highest BCUT2D eigenvalue weighted by Crippen LogP contribution is 2.25. The minimum absolute atomic E-state index is 0.191. The van der Waals surface area contributed by atoms with Crippen molar-refractivity contribution in [2.75, 3.05) is 13.1 Å². The Bertz CT molecular complexity index is 533. The van der Waals surface area contributed by atoms with Gasteiger partial charge in [-0.05, 0) is 36.1 Å². The summed E-state index contributed by atoms with van der Waals surface area (Å²) >= 11 is 0. The molecule has 2 rings (SSSR count). The summed E-state index contributed by atoms with van der Waals surface area (Å²) in [5.41, 5.74) is 2.92. The molecular formula is C15H18N2O2.